The number of nitrogens with zero attached hydrogens (tertiary/aromatic N) is 3. The first-order valence-corrected chi connectivity index (χ1v) is 6.84. The van der Waals surface area contributed by atoms with Crippen molar-refractivity contribution < 1.29 is 9.53 Å². The maximum Gasteiger partial charge on any atom is 0.292 e. The highest BCUT2D eigenvalue weighted by Gasteiger charge is 2.13. The molecule has 0 unspecified atom stereocenters. The molecule has 0 aliphatic heterocycles. The van der Waals surface area contributed by atoms with Crippen molar-refractivity contribution in [3.8, 4) is 5.75 Å². The van der Waals surface area contributed by atoms with Gasteiger partial charge in [-0.05, 0) is 40.3 Å². The minimum atomic E-state index is -0.339. The zero-order chi connectivity index (χ0) is 14.5. The molecule has 0 atom stereocenters. The van der Waals surface area contributed by atoms with Crippen LogP contribution in [0.2, 0.25) is 0 Å². The minimum absolute atomic E-state index is 0.339. The summed E-state index contributed by atoms with van der Waals surface area (Å²) < 4.78 is 7.47. The molecular formula is C13H13IN4O2. The van der Waals surface area contributed by atoms with Crippen LogP contribution < -0.4 is 10.2 Å². The van der Waals surface area contributed by atoms with Gasteiger partial charge in [-0.15, -0.1) is 0 Å². The number of hydrogen-bond acceptors (Lipinski definition) is 4. The second-order valence-electron chi connectivity index (χ2n) is 3.98. The minimum Gasteiger partial charge on any atom is -0.497 e. The molecule has 6 nitrogen and oxygen atoms in total. The number of amides is 1. The summed E-state index contributed by atoms with van der Waals surface area (Å²) in [6.07, 6.45) is 3.32. The number of aromatic nitrogens is 2. The average Bonchev–Trinajstić information content (AvgIpc) is 2.78. The number of methoxy groups -OCH3 is 1. The molecule has 1 aromatic carbocycles. The van der Waals surface area contributed by atoms with Gasteiger partial charge in [0.25, 0.3) is 5.91 Å². The predicted octanol–water partition coefficient (Wildman–Crippen LogP) is 1.80. The number of carbonyl (C=O) groups is 1. The Morgan fingerprint density at radius 3 is 3.00 bits per heavy atom. The van der Waals surface area contributed by atoms with Gasteiger partial charge >= 0.3 is 0 Å². The zero-order valence-corrected chi connectivity index (χ0v) is 13.2. The molecule has 1 heterocycles. The van der Waals surface area contributed by atoms with Crippen molar-refractivity contribution in [1.82, 2.24) is 15.2 Å². The lowest BCUT2D eigenvalue weighted by Gasteiger charge is -2.00. The Morgan fingerprint density at radius 2 is 2.35 bits per heavy atom. The van der Waals surface area contributed by atoms with Crippen molar-refractivity contribution >= 4 is 34.7 Å². The van der Waals surface area contributed by atoms with Gasteiger partial charge in [0.05, 0.1) is 16.9 Å². The molecule has 7 heteroatoms. The van der Waals surface area contributed by atoms with E-state index in [1.165, 1.54) is 0 Å². The van der Waals surface area contributed by atoms with Crippen LogP contribution >= 0.6 is 22.6 Å². The van der Waals surface area contributed by atoms with Crippen LogP contribution in [0.3, 0.4) is 0 Å². The number of benzene rings is 1. The zero-order valence-electron chi connectivity index (χ0n) is 11.0. The van der Waals surface area contributed by atoms with Gasteiger partial charge in [0.15, 0.2) is 5.69 Å². The first-order chi connectivity index (χ1) is 9.60. The highest BCUT2D eigenvalue weighted by Crippen LogP contribution is 2.11. The summed E-state index contributed by atoms with van der Waals surface area (Å²) in [4.78, 5) is 11.9. The Balaban J connectivity index is 2.02. The monoisotopic (exact) mass is 384 g/mol. The Labute approximate surface area is 130 Å². The van der Waals surface area contributed by atoms with E-state index in [-0.39, 0.29) is 5.91 Å². The number of halogens is 1. The first kappa shape index (κ1) is 14.5. The molecule has 1 aromatic heterocycles. The Hall–Kier alpha value is -1.90. The van der Waals surface area contributed by atoms with Crippen LogP contribution in [0.1, 0.15) is 16.1 Å². The number of hydrogen-bond donors (Lipinski definition) is 1. The molecule has 2 aromatic rings. The van der Waals surface area contributed by atoms with Gasteiger partial charge in [0.1, 0.15) is 5.75 Å². The van der Waals surface area contributed by atoms with Crippen LogP contribution in [-0.4, -0.2) is 29.0 Å². The lowest BCUT2D eigenvalue weighted by Crippen LogP contribution is -2.19. The van der Waals surface area contributed by atoms with Crippen molar-refractivity contribution in [3.05, 3.63) is 45.3 Å². The third-order valence-electron chi connectivity index (χ3n) is 2.47. The highest BCUT2D eigenvalue weighted by atomic mass is 127. The van der Waals surface area contributed by atoms with E-state index in [0.717, 1.165) is 14.9 Å². The summed E-state index contributed by atoms with van der Waals surface area (Å²) in [6.45, 7) is 0. The van der Waals surface area contributed by atoms with E-state index in [4.69, 9.17) is 4.74 Å². The molecule has 1 N–H and O–H groups in total. The predicted molar refractivity (Wildman–Crippen MR) is 84.0 cm³/mol. The molecule has 0 saturated heterocycles. The molecule has 104 valence electrons. The molecule has 2 rings (SSSR count). The average molecular weight is 384 g/mol. The third kappa shape index (κ3) is 3.56. The number of aryl methyl sites for hydroxylation is 1. The SMILES string of the molecule is COc1cccc(/C=N/NC(=O)c2nn(C)cc2I)c1. The van der Waals surface area contributed by atoms with E-state index in [2.05, 4.69) is 38.2 Å². The standard InChI is InChI=1S/C13H13IN4O2/c1-18-8-11(14)12(17-18)13(19)16-15-7-9-4-3-5-10(6-9)20-2/h3-8H,1-2H3,(H,16,19)/b15-7+. The topological polar surface area (TPSA) is 68.5 Å². The van der Waals surface area contributed by atoms with Gasteiger partial charge in [-0.25, -0.2) is 5.43 Å². The smallest absolute Gasteiger partial charge is 0.292 e. The van der Waals surface area contributed by atoms with E-state index in [9.17, 15) is 4.79 Å². The van der Waals surface area contributed by atoms with E-state index in [0.29, 0.717) is 5.69 Å². The molecule has 0 saturated carbocycles. The molecular weight excluding hydrogens is 371 g/mol. The number of ether oxygens (including phenoxy) is 1. The van der Waals surface area contributed by atoms with Gasteiger partial charge in [-0.3, -0.25) is 9.48 Å². The van der Waals surface area contributed by atoms with Crippen molar-refractivity contribution in [2.75, 3.05) is 7.11 Å². The first-order valence-electron chi connectivity index (χ1n) is 5.77. The molecule has 0 radical (unpaired) electrons. The molecule has 0 spiro atoms. The molecule has 0 bridgehead atoms. The lowest BCUT2D eigenvalue weighted by molar-refractivity contribution is 0.0948. The number of nitrogens with one attached hydrogen (secondary N) is 1. The summed E-state index contributed by atoms with van der Waals surface area (Å²) in [5, 5.41) is 7.98. The fraction of sp³-hybridized carbons (Fsp3) is 0.154. The summed E-state index contributed by atoms with van der Waals surface area (Å²) in [5.41, 5.74) is 3.64. The molecule has 1 amide bonds. The van der Waals surface area contributed by atoms with Crippen LogP contribution in [0.4, 0.5) is 0 Å². The summed E-state index contributed by atoms with van der Waals surface area (Å²) in [5.74, 6) is 0.397. The van der Waals surface area contributed by atoms with Crippen LogP contribution in [0, 0.1) is 3.57 Å². The maximum atomic E-state index is 11.9. The fourth-order valence-electron chi connectivity index (χ4n) is 1.55. The number of carbonyl (C=O) groups excluding carboxylic acids is 1. The molecule has 0 aliphatic rings. The summed E-state index contributed by atoms with van der Waals surface area (Å²) in [6, 6.07) is 7.37. The maximum absolute atomic E-state index is 11.9. The third-order valence-corrected chi connectivity index (χ3v) is 3.26. The Kier molecular flexibility index (Phi) is 4.72. The van der Waals surface area contributed by atoms with Gasteiger partial charge in [0.2, 0.25) is 0 Å². The molecule has 0 aliphatic carbocycles. The van der Waals surface area contributed by atoms with Crippen LogP contribution in [0.15, 0.2) is 35.6 Å². The van der Waals surface area contributed by atoms with Crippen LogP contribution in [-0.2, 0) is 7.05 Å². The fourth-order valence-corrected chi connectivity index (χ4v) is 2.31. The second-order valence-corrected chi connectivity index (χ2v) is 5.14. The lowest BCUT2D eigenvalue weighted by atomic mass is 10.2. The highest BCUT2D eigenvalue weighted by molar-refractivity contribution is 14.1. The summed E-state index contributed by atoms with van der Waals surface area (Å²) in [7, 11) is 3.36. The van der Waals surface area contributed by atoms with E-state index in [1.807, 2.05) is 24.3 Å². The normalized spacial score (nSPS) is 10.8. The molecule has 20 heavy (non-hydrogen) atoms. The van der Waals surface area contributed by atoms with Gasteiger partial charge in [0, 0.05) is 13.2 Å². The van der Waals surface area contributed by atoms with E-state index < -0.39 is 0 Å². The number of hydrazone groups is 1. The molecule has 0 fully saturated rings. The number of rotatable bonds is 4. The Morgan fingerprint density at radius 1 is 1.55 bits per heavy atom. The van der Waals surface area contributed by atoms with Gasteiger partial charge < -0.3 is 4.74 Å². The second kappa shape index (κ2) is 6.51. The van der Waals surface area contributed by atoms with E-state index >= 15 is 0 Å². The summed E-state index contributed by atoms with van der Waals surface area (Å²) >= 11 is 2.06. The van der Waals surface area contributed by atoms with Gasteiger partial charge in [-0.1, -0.05) is 12.1 Å². The van der Waals surface area contributed by atoms with Crippen molar-refractivity contribution in [3.63, 3.8) is 0 Å². The largest absolute Gasteiger partial charge is 0.497 e. The van der Waals surface area contributed by atoms with Crippen LogP contribution in [0.5, 0.6) is 5.75 Å². The quantitative estimate of drug-likeness (QED) is 0.497. The van der Waals surface area contributed by atoms with Crippen LogP contribution in [0.25, 0.3) is 0 Å². The Bertz CT molecular complexity index is 652. The van der Waals surface area contributed by atoms with Crippen molar-refractivity contribution in [2.24, 2.45) is 12.1 Å². The van der Waals surface area contributed by atoms with Gasteiger partial charge in [-0.2, -0.15) is 10.2 Å². The van der Waals surface area contributed by atoms with Crippen molar-refractivity contribution in [2.45, 2.75) is 0 Å². The van der Waals surface area contributed by atoms with E-state index in [1.54, 1.807) is 31.3 Å². The van der Waals surface area contributed by atoms with Crippen molar-refractivity contribution in [1.29, 1.82) is 0 Å².